The molecule has 0 aromatic heterocycles. The molecule has 1 aliphatic rings. The van der Waals surface area contributed by atoms with Crippen LogP contribution in [0.5, 0.6) is 0 Å². The van der Waals surface area contributed by atoms with E-state index in [1.165, 1.54) is 25.1 Å². The average Bonchev–Trinajstić information content (AvgIpc) is 2.90. The van der Waals surface area contributed by atoms with Gasteiger partial charge in [-0.2, -0.15) is 0 Å². The van der Waals surface area contributed by atoms with Crippen LogP contribution < -0.4 is 5.32 Å². The van der Waals surface area contributed by atoms with Gasteiger partial charge in [0.2, 0.25) is 0 Å². The lowest BCUT2D eigenvalue weighted by atomic mass is 10.2. The van der Waals surface area contributed by atoms with Gasteiger partial charge in [0, 0.05) is 30.8 Å². The highest BCUT2D eigenvalue weighted by Gasteiger charge is 2.14. The van der Waals surface area contributed by atoms with Crippen LogP contribution >= 0.6 is 0 Å². The summed E-state index contributed by atoms with van der Waals surface area (Å²) < 4.78 is 2.31. The Balaban J connectivity index is 0.000000741. The third-order valence-electron chi connectivity index (χ3n) is 2.72. The molecule has 0 atom stereocenters. The topological polar surface area (TPSA) is 15.0 Å². The number of allylic oxidation sites excluding steroid dienone is 1. The lowest BCUT2D eigenvalue weighted by Crippen LogP contribution is -2.07. The van der Waals surface area contributed by atoms with Gasteiger partial charge in [0.1, 0.15) is 13.6 Å². The van der Waals surface area contributed by atoms with E-state index in [1.807, 2.05) is 52.1 Å². The summed E-state index contributed by atoms with van der Waals surface area (Å²) in [6, 6.07) is 10.2. The van der Waals surface area contributed by atoms with Crippen LogP contribution in [0.4, 0.5) is 5.69 Å². The van der Waals surface area contributed by atoms with Gasteiger partial charge in [0.05, 0.1) is 0 Å². The van der Waals surface area contributed by atoms with E-state index >= 15 is 0 Å². The van der Waals surface area contributed by atoms with E-state index in [1.54, 1.807) is 0 Å². The lowest BCUT2D eigenvalue weighted by Gasteiger charge is -1.98. The Morgan fingerprint density at radius 3 is 2.21 bits per heavy atom. The summed E-state index contributed by atoms with van der Waals surface area (Å²) in [5.41, 5.74) is 2.55. The summed E-state index contributed by atoms with van der Waals surface area (Å²) in [6.45, 7) is 9.19. The Labute approximate surface area is 118 Å². The third kappa shape index (κ3) is 6.80. The van der Waals surface area contributed by atoms with Crippen molar-refractivity contribution in [2.24, 2.45) is 0 Å². The Bertz CT molecular complexity index is 378. The predicted molar refractivity (Wildman–Crippen MR) is 87.2 cm³/mol. The summed E-state index contributed by atoms with van der Waals surface area (Å²) in [6.07, 6.45) is 6.66. The maximum Gasteiger partial charge on any atom is 0.177 e. The van der Waals surface area contributed by atoms with E-state index in [9.17, 15) is 0 Å². The fraction of sp³-hybridized carbons (Fsp3) is 0.471. The van der Waals surface area contributed by atoms with Crippen LogP contribution in [0.2, 0.25) is 0 Å². The number of rotatable bonds is 3. The van der Waals surface area contributed by atoms with Crippen LogP contribution in [0.25, 0.3) is 0 Å². The molecule has 0 spiro atoms. The molecule has 1 heterocycles. The van der Waals surface area contributed by atoms with E-state index in [4.69, 9.17) is 0 Å². The molecule has 0 amide bonds. The molecular formula is C17H29N2+. The van der Waals surface area contributed by atoms with Gasteiger partial charge in [-0.25, -0.2) is 4.58 Å². The molecule has 2 rings (SSSR count). The van der Waals surface area contributed by atoms with Crippen molar-refractivity contribution < 1.29 is 4.58 Å². The molecule has 1 aromatic rings. The van der Waals surface area contributed by atoms with E-state index in [-0.39, 0.29) is 0 Å². The van der Waals surface area contributed by atoms with Gasteiger partial charge >= 0.3 is 0 Å². The fourth-order valence-electron chi connectivity index (χ4n) is 1.81. The quantitative estimate of drug-likeness (QED) is 0.789. The molecule has 2 heteroatoms. The van der Waals surface area contributed by atoms with Gasteiger partial charge in [-0.1, -0.05) is 45.9 Å². The molecule has 0 unspecified atom stereocenters. The molecule has 1 aromatic carbocycles. The standard InChI is InChI=1S/C13H16N2.2C2H6/c1-15-11-5-8-13(15)9-10-14-12-6-3-2-4-7-12;2*1-2/h2-4,6-7,9-10H,5,8,11H2,1H3;2*1-2H3/p+1. The van der Waals surface area contributed by atoms with Crippen molar-refractivity contribution in [3.8, 4) is 0 Å². The summed E-state index contributed by atoms with van der Waals surface area (Å²) in [4.78, 5) is 0. The van der Waals surface area contributed by atoms with Crippen molar-refractivity contribution >= 4 is 11.4 Å². The normalized spacial score (nSPS) is 13.5. The summed E-state index contributed by atoms with van der Waals surface area (Å²) in [5.74, 6) is 0. The smallest absolute Gasteiger partial charge is 0.177 e. The molecule has 1 aliphatic heterocycles. The van der Waals surface area contributed by atoms with Gasteiger partial charge in [-0.3, -0.25) is 0 Å². The van der Waals surface area contributed by atoms with Crippen LogP contribution in [-0.4, -0.2) is 23.9 Å². The Kier molecular flexibility index (Phi) is 10.6. The summed E-state index contributed by atoms with van der Waals surface area (Å²) in [7, 11) is 2.15. The fourth-order valence-corrected chi connectivity index (χ4v) is 1.81. The predicted octanol–water partition coefficient (Wildman–Crippen LogP) is 4.54. The highest BCUT2D eigenvalue weighted by molar-refractivity contribution is 5.91. The zero-order valence-corrected chi connectivity index (χ0v) is 13.1. The minimum Gasteiger partial charge on any atom is -0.361 e. The molecule has 0 saturated heterocycles. The van der Waals surface area contributed by atoms with Crippen molar-refractivity contribution in [1.82, 2.24) is 0 Å². The minimum atomic E-state index is 1.13. The Morgan fingerprint density at radius 1 is 1.05 bits per heavy atom. The molecule has 2 nitrogen and oxygen atoms in total. The molecule has 0 aliphatic carbocycles. The Hall–Kier alpha value is -1.57. The first-order chi connectivity index (χ1) is 9.36. The monoisotopic (exact) mass is 261 g/mol. The van der Waals surface area contributed by atoms with Gasteiger partial charge in [0.25, 0.3) is 0 Å². The van der Waals surface area contributed by atoms with E-state index in [0.29, 0.717) is 0 Å². The molecule has 0 radical (unpaired) electrons. The van der Waals surface area contributed by atoms with E-state index < -0.39 is 0 Å². The van der Waals surface area contributed by atoms with Crippen LogP contribution in [0.3, 0.4) is 0 Å². The molecular weight excluding hydrogens is 232 g/mol. The zero-order valence-electron chi connectivity index (χ0n) is 13.1. The van der Waals surface area contributed by atoms with Crippen LogP contribution in [0.1, 0.15) is 40.5 Å². The van der Waals surface area contributed by atoms with Crippen molar-refractivity contribution in [3.63, 3.8) is 0 Å². The van der Waals surface area contributed by atoms with Crippen LogP contribution in [0, 0.1) is 0 Å². The zero-order chi connectivity index (χ0) is 14.5. The van der Waals surface area contributed by atoms with Gasteiger partial charge in [-0.15, -0.1) is 0 Å². The third-order valence-corrected chi connectivity index (χ3v) is 2.72. The van der Waals surface area contributed by atoms with E-state index in [2.05, 4.69) is 35.1 Å². The second-order valence-corrected chi connectivity index (χ2v) is 3.86. The summed E-state index contributed by atoms with van der Waals surface area (Å²) in [5, 5.41) is 3.26. The largest absolute Gasteiger partial charge is 0.361 e. The highest BCUT2D eigenvalue weighted by Crippen LogP contribution is 2.06. The molecule has 19 heavy (non-hydrogen) atoms. The molecule has 106 valence electrons. The maximum absolute atomic E-state index is 3.26. The lowest BCUT2D eigenvalue weighted by molar-refractivity contribution is -0.487. The second-order valence-electron chi connectivity index (χ2n) is 3.86. The van der Waals surface area contributed by atoms with Crippen molar-refractivity contribution in [1.29, 1.82) is 0 Å². The highest BCUT2D eigenvalue weighted by atomic mass is 15.0. The number of nitrogens with one attached hydrogen (secondary N) is 1. The molecule has 0 fully saturated rings. The summed E-state index contributed by atoms with van der Waals surface area (Å²) >= 11 is 0. The molecule has 1 N–H and O–H groups in total. The van der Waals surface area contributed by atoms with Crippen molar-refractivity contribution in [2.45, 2.75) is 40.5 Å². The van der Waals surface area contributed by atoms with Gasteiger partial charge in [-0.05, 0) is 12.1 Å². The Morgan fingerprint density at radius 2 is 1.68 bits per heavy atom. The SMILES string of the molecule is CC.CC.C[N+]1=C(C=CNc2ccccc2)CCC1. The number of nitrogens with zero attached hydrogens (tertiary/aromatic N) is 1. The minimum absolute atomic E-state index is 1.13. The first-order valence-electron chi connectivity index (χ1n) is 7.41. The maximum atomic E-state index is 3.26. The van der Waals surface area contributed by atoms with Gasteiger partial charge < -0.3 is 5.32 Å². The first kappa shape index (κ1) is 17.4. The first-order valence-corrected chi connectivity index (χ1v) is 7.41. The number of hydrogen-bond acceptors (Lipinski definition) is 1. The number of benzene rings is 1. The average molecular weight is 261 g/mol. The number of anilines is 1. The van der Waals surface area contributed by atoms with Crippen LogP contribution in [-0.2, 0) is 0 Å². The molecule has 0 saturated carbocycles. The number of para-hydroxylation sites is 1. The van der Waals surface area contributed by atoms with Crippen LogP contribution in [0.15, 0.2) is 42.6 Å². The van der Waals surface area contributed by atoms with Crippen molar-refractivity contribution in [3.05, 3.63) is 42.6 Å². The second kappa shape index (κ2) is 11.5. The van der Waals surface area contributed by atoms with Gasteiger partial charge in [0.15, 0.2) is 5.71 Å². The molecule has 0 bridgehead atoms. The van der Waals surface area contributed by atoms with Crippen molar-refractivity contribution in [2.75, 3.05) is 18.9 Å². The van der Waals surface area contributed by atoms with E-state index in [0.717, 1.165) is 5.69 Å². The number of hydrogen-bond donors (Lipinski definition) is 1.